The molecule has 2 aromatic rings. The van der Waals surface area contributed by atoms with Crippen molar-refractivity contribution >= 4 is 5.97 Å². The minimum atomic E-state index is -0.403. The number of ether oxygens (including phenoxy) is 2. The second kappa shape index (κ2) is 6.79. The minimum Gasteiger partial charge on any atom is -0.504 e. The molecule has 2 rings (SSSR count). The highest BCUT2D eigenvalue weighted by atomic mass is 16.5. The van der Waals surface area contributed by atoms with Gasteiger partial charge in [0.1, 0.15) is 5.75 Å². The molecule has 2 aromatic carbocycles. The molecule has 1 N–H and O–H groups in total. The zero-order valence-electron chi connectivity index (χ0n) is 12.1. The van der Waals surface area contributed by atoms with Crippen LogP contribution in [0.4, 0.5) is 0 Å². The number of aromatic hydroxyl groups is 1. The number of para-hydroxylation sites is 1. The molecule has 21 heavy (non-hydrogen) atoms. The lowest BCUT2D eigenvalue weighted by atomic mass is 9.96. The molecule has 0 saturated heterocycles. The van der Waals surface area contributed by atoms with Crippen LogP contribution in [0.1, 0.15) is 24.8 Å². The molecule has 0 aliphatic heterocycles. The van der Waals surface area contributed by atoms with Crippen molar-refractivity contribution in [2.75, 3.05) is 7.11 Å². The van der Waals surface area contributed by atoms with Gasteiger partial charge in [0.15, 0.2) is 11.5 Å². The third-order valence-electron chi connectivity index (χ3n) is 3.26. The van der Waals surface area contributed by atoms with Crippen molar-refractivity contribution in [2.45, 2.75) is 19.3 Å². The van der Waals surface area contributed by atoms with Gasteiger partial charge >= 0.3 is 5.97 Å². The maximum Gasteiger partial charge on any atom is 0.318 e. The van der Waals surface area contributed by atoms with Crippen LogP contribution in [0.25, 0.3) is 0 Å². The van der Waals surface area contributed by atoms with Crippen LogP contribution in [-0.4, -0.2) is 18.2 Å². The van der Waals surface area contributed by atoms with Gasteiger partial charge in [0.05, 0.1) is 13.0 Å². The number of hydrogen-bond acceptors (Lipinski definition) is 4. The number of phenols is 1. The predicted molar refractivity (Wildman–Crippen MR) is 79.8 cm³/mol. The average Bonchev–Trinajstić information content (AvgIpc) is 2.50. The number of hydrogen-bond donors (Lipinski definition) is 1. The zero-order chi connectivity index (χ0) is 15.2. The van der Waals surface area contributed by atoms with Gasteiger partial charge in [-0.1, -0.05) is 31.2 Å². The number of esters is 1. The van der Waals surface area contributed by atoms with E-state index in [9.17, 15) is 9.90 Å². The Morgan fingerprint density at radius 1 is 1.19 bits per heavy atom. The quantitative estimate of drug-likeness (QED) is 0.675. The van der Waals surface area contributed by atoms with Crippen molar-refractivity contribution in [2.24, 2.45) is 0 Å². The predicted octanol–water partition coefficient (Wildman–Crippen LogP) is 3.50. The average molecular weight is 286 g/mol. The van der Waals surface area contributed by atoms with E-state index in [1.807, 2.05) is 25.1 Å². The second-order valence-corrected chi connectivity index (χ2v) is 4.63. The first-order chi connectivity index (χ1) is 10.2. The van der Waals surface area contributed by atoms with Crippen molar-refractivity contribution in [1.82, 2.24) is 0 Å². The molecule has 0 saturated carbocycles. The number of carbonyl (C=O) groups excluding carboxylic acids is 1. The molecule has 0 bridgehead atoms. The van der Waals surface area contributed by atoms with Gasteiger partial charge in [-0.05, 0) is 36.2 Å². The topological polar surface area (TPSA) is 55.8 Å². The summed E-state index contributed by atoms with van der Waals surface area (Å²) >= 11 is 0. The van der Waals surface area contributed by atoms with Crippen molar-refractivity contribution in [3.63, 3.8) is 0 Å². The van der Waals surface area contributed by atoms with E-state index >= 15 is 0 Å². The van der Waals surface area contributed by atoms with Crippen molar-refractivity contribution in [1.29, 1.82) is 0 Å². The number of phenolic OH excluding ortho intramolecular Hbond substituents is 1. The van der Waals surface area contributed by atoms with Crippen LogP contribution in [0.2, 0.25) is 0 Å². The summed E-state index contributed by atoms with van der Waals surface area (Å²) in [6.07, 6.45) is 0.597. The third kappa shape index (κ3) is 3.54. The maximum atomic E-state index is 12.3. The summed E-state index contributed by atoms with van der Waals surface area (Å²) in [4.78, 5) is 12.3. The van der Waals surface area contributed by atoms with Gasteiger partial charge in [-0.2, -0.15) is 0 Å². The van der Waals surface area contributed by atoms with E-state index in [1.165, 1.54) is 13.2 Å². The Hall–Kier alpha value is -2.49. The van der Waals surface area contributed by atoms with Gasteiger partial charge in [0.2, 0.25) is 0 Å². The minimum absolute atomic E-state index is 0.0486. The van der Waals surface area contributed by atoms with Crippen molar-refractivity contribution in [3.05, 3.63) is 54.1 Å². The zero-order valence-corrected chi connectivity index (χ0v) is 12.1. The van der Waals surface area contributed by atoms with Gasteiger partial charge in [0, 0.05) is 0 Å². The lowest BCUT2D eigenvalue weighted by Gasteiger charge is -2.15. The van der Waals surface area contributed by atoms with Gasteiger partial charge < -0.3 is 14.6 Å². The highest BCUT2D eigenvalue weighted by Crippen LogP contribution is 2.31. The van der Waals surface area contributed by atoms with Crippen LogP contribution in [0, 0.1) is 0 Å². The first kappa shape index (κ1) is 14.9. The molecule has 0 aliphatic carbocycles. The van der Waals surface area contributed by atoms with E-state index in [-0.39, 0.29) is 11.7 Å². The van der Waals surface area contributed by atoms with Gasteiger partial charge in [0.25, 0.3) is 0 Å². The highest BCUT2D eigenvalue weighted by molar-refractivity contribution is 5.80. The first-order valence-corrected chi connectivity index (χ1v) is 6.79. The molecule has 0 aliphatic rings. The maximum absolute atomic E-state index is 12.3. The smallest absolute Gasteiger partial charge is 0.318 e. The van der Waals surface area contributed by atoms with E-state index in [4.69, 9.17) is 9.47 Å². The van der Waals surface area contributed by atoms with Gasteiger partial charge in [-0.3, -0.25) is 4.79 Å². The number of benzene rings is 2. The van der Waals surface area contributed by atoms with E-state index in [1.54, 1.807) is 24.3 Å². The summed E-state index contributed by atoms with van der Waals surface area (Å²) in [6.45, 7) is 1.91. The summed E-state index contributed by atoms with van der Waals surface area (Å²) < 4.78 is 10.5. The molecular weight excluding hydrogens is 268 g/mol. The highest BCUT2D eigenvalue weighted by Gasteiger charge is 2.22. The van der Waals surface area contributed by atoms with E-state index in [0.29, 0.717) is 17.9 Å². The van der Waals surface area contributed by atoms with Crippen LogP contribution >= 0.6 is 0 Å². The number of rotatable bonds is 5. The summed E-state index contributed by atoms with van der Waals surface area (Å²) in [5, 5.41) is 9.62. The first-order valence-electron chi connectivity index (χ1n) is 6.79. The van der Waals surface area contributed by atoms with E-state index in [2.05, 4.69) is 0 Å². The fraction of sp³-hybridized carbons (Fsp3) is 0.235. The Balaban J connectivity index is 2.21. The molecule has 4 nitrogen and oxygen atoms in total. The molecular formula is C17H18O4. The van der Waals surface area contributed by atoms with E-state index < -0.39 is 5.92 Å². The largest absolute Gasteiger partial charge is 0.504 e. The number of methoxy groups -OCH3 is 1. The monoisotopic (exact) mass is 286 g/mol. The molecule has 0 radical (unpaired) electrons. The molecule has 1 atom stereocenters. The molecule has 0 amide bonds. The summed E-state index contributed by atoms with van der Waals surface area (Å²) in [5.41, 5.74) is 0.757. The van der Waals surface area contributed by atoms with Crippen molar-refractivity contribution in [3.8, 4) is 17.2 Å². The van der Waals surface area contributed by atoms with Crippen LogP contribution in [0.15, 0.2) is 48.5 Å². The van der Waals surface area contributed by atoms with Crippen LogP contribution < -0.4 is 9.47 Å². The molecule has 0 aromatic heterocycles. The van der Waals surface area contributed by atoms with Crippen LogP contribution in [0.3, 0.4) is 0 Å². The fourth-order valence-corrected chi connectivity index (χ4v) is 2.13. The fourth-order valence-electron chi connectivity index (χ4n) is 2.13. The van der Waals surface area contributed by atoms with Crippen LogP contribution in [-0.2, 0) is 4.79 Å². The SMILES string of the molecule is CCC(C(=O)Oc1ccccc1)c1ccc(O)c(OC)c1. The van der Waals surface area contributed by atoms with Gasteiger partial charge in [-0.25, -0.2) is 0 Å². The standard InChI is InChI=1S/C17H18O4/c1-3-14(12-9-10-15(18)16(11-12)20-2)17(19)21-13-7-5-4-6-8-13/h4-11,14,18H,3H2,1-2H3. The summed E-state index contributed by atoms with van der Waals surface area (Å²) in [7, 11) is 1.47. The molecule has 4 heteroatoms. The lowest BCUT2D eigenvalue weighted by Crippen LogP contribution is -2.18. The van der Waals surface area contributed by atoms with Crippen LogP contribution in [0.5, 0.6) is 17.2 Å². The Morgan fingerprint density at radius 3 is 2.52 bits per heavy atom. The van der Waals surface area contributed by atoms with Crippen molar-refractivity contribution < 1.29 is 19.4 Å². The Labute approximate surface area is 123 Å². The number of carbonyl (C=O) groups is 1. The molecule has 0 heterocycles. The lowest BCUT2D eigenvalue weighted by molar-refractivity contribution is -0.136. The molecule has 1 unspecified atom stereocenters. The Morgan fingerprint density at radius 2 is 1.90 bits per heavy atom. The van der Waals surface area contributed by atoms with E-state index in [0.717, 1.165) is 5.56 Å². The molecule has 0 fully saturated rings. The molecule has 0 spiro atoms. The Kier molecular flexibility index (Phi) is 4.82. The third-order valence-corrected chi connectivity index (χ3v) is 3.26. The van der Waals surface area contributed by atoms with Gasteiger partial charge in [-0.15, -0.1) is 0 Å². The second-order valence-electron chi connectivity index (χ2n) is 4.63. The molecule has 110 valence electrons. The normalized spacial score (nSPS) is 11.7. The summed E-state index contributed by atoms with van der Waals surface area (Å²) in [6, 6.07) is 13.9. The Bertz CT molecular complexity index is 607. The summed E-state index contributed by atoms with van der Waals surface area (Å²) in [5.74, 6) is 0.189.